The van der Waals surface area contributed by atoms with Gasteiger partial charge in [0, 0.05) is 22.8 Å². The van der Waals surface area contributed by atoms with E-state index in [0.717, 1.165) is 0 Å². The molecule has 0 radical (unpaired) electrons. The fourth-order valence-corrected chi connectivity index (χ4v) is 3.72. The molecule has 0 amide bonds. The molecule has 136 valence electrons. The summed E-state index contributed by atoms with van der Waals surface area (Å²) < 4.78 is 52.7. The number of ether oxygens (including phenoxy) is 1. The molecule has 0 aliphatic rings. The van der Waals surface area contributed by atoms with Crippen LogP contribution in [0.25, 0.3) is 11.1 Å². The average molecular weight is 376 g/mol. The Morgan fingerprint density at radius 1 is 1.12 bits per heavy atom. The Morgan fingerprint density at radius 2 is 1.85 bits per heavy atom. The molecule has 0 aliphatic carbocycles. The van der Waals surface area contributed by atoms with E-state index in [4.69, 9.17) is 9.26 Å². The Balaban J connectivity index is 2.16. The van der Waals surface area contributed by atoms with Gasteiger partial charge in [-0.25, -0.2) is 17.5 Å². The molecule has 0 spiro atoms. The number of aromatic nitrogens is 1. The summed E-state index contributed by atoms with van der Waals surface area (Å²) in [6.07, 6.45) is 0. The number of hydrogen-bond donors (Lipinski definition) is 1. The van der Waals surface area contributed by atoms with E-state index in [2.05, 4.69) is 9.88 Å². The first-order chi connectivity index (χ1) is 12.3. The van der Waals surface area contributed by atoms with Gasteiger partial charge in [-0.15, -0.1) is 0 Å². The smallest absolute Gasteiger partial charge is 0.265 e. The summed E-state index contributed by atoms with van der Waals surface area (Å²) in [5.74, 6) is -0.179. The van der Waals surface area contributed by atoms with Crippen LogP contribution in [0.4, 0.5) is 10.3 Å². The largest absolute Gasteiger partial charge is 0.497 e. The number of nitrogens with one attached hydrogen (secondary N) is 1. The van der Waals surface area contributed by atoms with Crippen molar-refractivity contribution in [3.63, 3.8) is 0 Å². The second kappa shape index (κ2) is 6.80. The van der Waals surface area contributed by atoms with Crippen LogP contribution in [0.2, 0.25) is 0 Å². The summed E-state index contributed by atoms with van der Waals surface area (Å²) in [5, 5.41) is 3.74. The molecule has 3 aromatic rings. The first-order valence-electron chi connectivity index (χ1n) is 7.72. The molecule has 0 aliphatic heterocycles. The molecule has 2 aromatic carbocycles. The maximum Gasteiger partial charge on any atom is 0.265 e. The van der Waals surface area contributed by atoms with E-state index in [9.17, 15) is 12.8 Å². The SMILES string of the molecule is COc1ccc(-c2ccccc2F)c(S(=O)(=O)Nc2onc(C)c2C)c1. The highest BCUT2D eigenvalue weighted by atomic mass is 32.2. The standard InChI is InChI=1S/C18H17FN2O4S/c1-11-12(2)20-25-18(11)21-26(22,23)17-10-13(24-3)8-9-15(17)14-6-4-5-7-16(14)19/h4-10,21H,1-3H3. The van der Waals surface area contributed by atoms with Crippen LogP contribution in [0.3, 0.4) is 0 Å². The minimum absolute atomic E-state index is 0.0183. The highest BCUT2D eigenvalue weighted by Crippen LogP contribution is 2.33. The Hall–Kier alpha value is -2.87. The Bertz CT molecular complexity index is 1060. The maximum absolute atomic E-state index is 14.2. The number of aryl methyl sites for hydroxylation is 1. The molecule has 0 saturated heterocycles. The number of halogens is 1. The topological polar surface area (TPSA) is 81.4 Å². The van der Waals surface area contributed by atoms with Crippen LogP contribution < -0.4 is 9.46 Å². The van der Waals surface area contributed by atoms with Crippen molar-refractivity contribution >= 4 is 15.9 Å². The van der Waals surface area contributed by atoms with Crippen molar-refractivity contribution in [2.24, 2.45) is 0 Å². The van der Waals surface area contributed by atoms with Crippen molar-refractivity contribution in [2.75, 3.05) is 11.8 Å². The summed E-state index contributed by atoms with van der Waals surface area (Å²) in [6, 6.07) is 10.4. The van der Waals surface area contributed by atoms with Crippen LogP contribution >= 0.6 is 0 Å². The fourth-order valence-electron chi connectivity index (χ4n) is 2.44. The van der Waals surface area contributed by atoms with Crippen LogP contribution in [0.15, 0.2) is 51.9 Å². The molecule has 0 bridgehead atoms. The third-order valence-electron chi connectivity index (χ3n) is 4.03. The number of hydrogen-bond acceptors (Lipinski definition) is 5. The third kappa shape index (κ3) is 3.28. The molecule has 0 saturated carbocycles. The van der Waals surface area contributed by atoms with E-state index in [-0.39, 0.29) is 21.9 Å². The highest BCUT2D eigenvalue weighted by Gasteiger charge is 2.24. The lowest BCUT2D eigenvalue weighted by molar-refractivity contribution is 0.413. The van der Waals surface area contributed by atoms with E-state index in [0.29, 0.717) is 17.0 Å². The molecule has 1 N–H and O–H groups in total. The lowest BCUT2D eigenvalue weighted by Gasteiger charge is -2.13. The summed E-state index contributed by atoms with van der Waals surface area (Å²) in [7, 11) is -2.66. The number of sulfonamides is 1. The predicted octanol–water partition coefficient (Wildman–Crippen LogP) is 3.91. The van der Waals surface area contributed by atoms with Gasteiger partial charge in [0.2, 0.25) is 5.88 Å². The Labute approximate surface area is 150 Å². The molecule has 6 nitrogen and oxygen atoms in total. The van der Waals surface area contributed by atoms with E-state index in [1.54, 1.807) is 26.0 Å². The van der Waals surface area contributed by atoms with E-state index in [1.807, 2.05) is 0 Å². The lowest BCUT2D eigenvalue weighted by atomic mass is 10.1. The zero-order chi connectivity index (χ0) is 18.9. The van der Waals surface area contributed by atoms with E-state index >= 15 is 0 Å². The van der Waals surface area contributed by atoms with Crippen molar-refractivity contribution in [2.45, 2.75) is 18.7 Å². The zero-order valence-electron chi connectivity index (χ0n) is 14.4. The number of benzene rings is 2. The molecule has 3 rings (SSSR count). The lowest BCUT2D eigenvalue weighted by Crippen LogP contribution is -2.14. The molecule has 0 fully saturated rings. The Kier molecular flexibility index (Phi) is 4.69. The second-order valence-corrected chi connectivity index (χ2v) is 7.32. The second-order valence-electron chi connectivity index (χ2n) is 5.67. The molecule has 1 aromatic heterocycles. The van der Waals surface area contributed by atoms with Crippen LogP contribution in [-0.4, -0.2) is 20.7 Å². The van der Waals surface area contributed by atoms with Crippen molar-refractivity contribution in [3.05, 3.63) is 59.5 Å². The predicted molar refractivity (Wildman–Crippen MR) is 95.2 cm³/mol. The minimum Gasteiger partial charge on any atom is -0.497 e. The summed E-state index contributed by atoms with van der Waals surface area (Å²) in [5.41, 5.74) is 1.53. The van der Waals surface area contributed by atoms with Crippen molar-refractivity contribution in [1.82, 2.24) is 5.16 Å². The zero-order valence-corrected chi connectivity index (χ0v) is 15.2. The molecule has 26 heavy (non-hydrogen) atoms. The van der Waals surface area contributed by atoms with Gasteiger partial charge in [0.15, 0.2) is 0 Å². The summed E-state index contributed by atoms with van der Waals surface area (Å²) >= 11 is 0. The molecular formula is C18H17FN2O4S. The summed E-state index contributed by atoms with van der Waals surface area (Å²) in [4.78, 5) is -0.129. The van der Waals surface area contributed by atoms with E-state index in [1.165, 1.54) is 37.4 Å². The number of methoxy groups -OCH3 is 1. The van der Waals surface area contributed by atoms with Gasteiger partial charge in [0.1, 0.15) is 11.6 Å². The van der Waals surface area contributed by atoms with E-state index < -0.39 is 15.8 Å². The summed E-state index contributed by atoms with van der Waals surface area (Å²) in [6.45, 7) is 3.39. The number of nitrogens with zero attached hydrogens (tertiary/aromatic N) is 1. The van der Waals surface area contributed by atoms with Crippen molar-refractivity contribution < 1.29 is 22.1 Å². The van der Waals surface area contributed by atoms with Crippen molar-refractivity contribution in [3.8, 4) is 16.9 Å². The van der Waals surface area contributed by atoms with Gasteiger partial charge in [-0.2, -0.15) is 0 Å². The fraction of sp³-hybridized carbons (Fsp3) is 0.167. The van der Waals surface area contributed by atoms with Gasteiger partial charge < -0.3 is 9.26 Å². The maximum atomic E-state index is 14.2. The van der Waals surface area contributed by atoms with Gasteiger partial charge in [-0.05, 0) is 32.0 Å². The van der Waals surface area contributed by atoms with Gasteiger partial charge in [0.25, 0.3) is 10.0 Å². The highest BCUT2D eigenvalue weighted by molar-refractivity contribution is 7.92. The molecular weight excluding hydrogens is 359 g/mol. The molecule has 0 unspecified atom stereocenters. The van der Waals surface area contributed by atoms with Crippen LogP contribution in [0.5, 0.6) is 5.75 Å². The molecule has 0 atom stereocenters. The van der Waals surface area contributed by atoms with Gasteiger partial charge in [-0.1, -0.05) is 23.4 Å². The quantitative estimate of drug-likeness (QED) is 0.730. The molecule has 8 heteroatoms. The van der Waals surface area contributed by atoms with Crippen LogP contribution in [0, 0.1) is 19.7 Å². The van der Waals surface area contributed by atoms with Gasteiger partial charge in [0.05, 0.1) is 17.7 Å². The van der Waals surface area contributed by atoms with Crippen LogP contribution in [0.1, 0.15) is 11.3 Å². The first-order valence-corrected chi connectivity index (χ1v) is 9.20. The third-order valence-corrected chi connectivity index (χ3v) is 5.40. The Morgan fingerprint density at radius 3 is 2.46 bits per heavy atom. The van der Waals surface area contributed by atoms with Gasteiger partial charge >= 0.3 is 0 Å². The minimum atomic E-state index is -4.08. The normalized spacial score (nSPS) is 11.4. The number of rotatable bonds is 5. The van der Waals surface area contributed by atoms with Crippen LogP contribution in [-0.2, 0) is 10.0 Å². The average Bonchev–Trinajstić information content (AvgIpc) is 2.93. The van der Waals surface area contributed by atoms with Gasteiger partial charge in [-0.3, -0.25) is 0 Å². The molecule has 1 heterocycles. The number of anilines is 1. The monoisotopic (exact) mass is 376 g/mol. The van der Waals surface area contributed by atoms with Crippen molar-refractivity contribution in [1.29, 1.82) is 0 Å². The first kappa shape index (κ1) is 17.9.